The molecule has 0 amide bonds. The Bertz CT molecular complexity index is 485. The first-order chi connectivity index (χ1) is 8.18. The van der Waals surface area contributed by atoms with Crippen LogP contribution in [0.3, 0.4) is 0 Å². The largest absolute Gasteiger partial charge is 0.330 e. The van der Waals surface area contributed by atoms with Gasteiger partial charge in [0, 0.05) is 31.9 Å². The number of hydrogen-bond donors (Lipinski definition) is 1. The first-order valence-corrected chi connectivity index (χ1v) is 6.18. The van der Waals surface area contributed by atoms with E-state index in [1.807, 2.05) is 0 Å². The minimum atomic E-state index is -0.229. The van der Waals surface area contributed by atoms with E-state index in [1.54, 1.807) is 7.05 Å². The quantitative estimate of drug-likeness (QED) is 0.713. The molecule has 5 heteroatoms. The summed E-state index contributed by atoms with van der Waals surface area (Å²) in [5.41, 5.74) is -0.434. The zero-order chi connectivity index (χ0) is 12.3. The molecule has 0 saturated heterocycles. The zero-order valence-corrected chi connectivity index (χ0v) is 10.2. The molecule has 0 atom stereocenters. The maximum atomic E-state index is 11.7. The molecule has 0 bridgehead atoms. The number of nitrogens with zero attached hydrogens (tertiary/aromatic N) is 2. The van der Waals surface area contributed by atoms with Crippen molar-refractivity contribution in [2.24, 2.45) is 7.05 Å². The standard InChI is InChI=1S/C12H19N3O2/c1-14-9-6-11(16)15(12(14)17)8-3-2-7-13-10-4-5-10/h6,9-10,13H,2-5,7-8H2,1H3. The van der Waals surface area contributed by atoms with Crippen LogP contribution in [0.4, 0.5) is 0 Å². The highest BCUT2D eigenvalue weighted by Crippen LogP contribution is 2.18. The van der Waals surface area contributed by atoms with Crippen LogP contribution in [0, 0.1) is 0 Å². The number of hydrogen-bond acceptors (Lipinski definition) is 3. The highest BCUT2D eigenvalue weighted by atomic mass is 16.2. The normalized spacial score (nSPS) is 15.1. The van der Waals surface area contributed by atoms with Gasteiger partial charge in [-0.1, -0.05) is 0 Å². The highest BCUT2D eigenvalue weighted by Gasteiger charge is 2.19. The molecule has 1 aromatic heterocycles. The summed E-state index contributed by atoms with van der Waals surface area (Å²) in [5, 5.41) is 3.41. The Kier molecular flexibility index (Phi) is 3.78. The first kappa shape index (κ1) is 12.1. The van der Waals surface area contributed by atoms with Gasteiger partial charge in [0.25, 0.3) is 5.56 Å². The second kappa shape index (κ2) is 5.31. The molecule has 0 aliphatic heterocycles. The van der Waals surface area contributed by atoms with Crippen molar-refractivity contribution in [3.8, 4) is 0 Å². The molecule has 1 saturated carbocycles. The summed E-state index contributed by atoms with van der Waals surface area (Å²) in [7, 11) is 1.66. The van der Waals surface area contributed by atoms with Crippen molar-refractivity contribution >= 4 is 0 Å². The molecule has 0 spiro atoms. The lowest BCUT2D eigenvalue weighted by Crippen LogP contribution is -2.38. The van der Waals surface area contributed by atoms with Crippen LogP contribution in [0.15, 0.2) is 21.9 Å². The van der Waals surface area contributed by atoms with Gasteiger partial charge in [0.2, 0.25) is 0 Å². The van der Waals surface area contributed by atoms with Crippen molar-refractivity contribution in [3.05, 3.63) is 33.1 Å². The predicted octanol–water partition coefficient (Wildman–Crippen LogP) is 0.0792. The number of unbranched alkanes of at least 4 members (excludes halogenated alkanes) is 1. The first-order valence-electron chi connectivity index (χ1n) is 6.18. The van der Waals surface area contributed by atoms with Crippen molar-refractivity contribution in [2.45, 2.75) is 38.3 Å². The van der Waals surface area contributed by atoms with Gasteiger partial charge in [-0.15, -0.1) is 0 Å². The van der Waals surface area contributed by atoms with Crippen LogP contribution in [0.1, 0.15) is 25.7 Å². The van der Waals surface area contributed by atoms with Crippen LogP contribution in [-0.2, 0) is 13.6 Å². The fourth-order valence-corrected chi connectivity index (χ4v) is 1.81. The van der Waals surface area contributed by atoms with Crippen molar-refractivity contribution in [1.29, 1.82) is 0 Å². The number of aryl methyl sites for hydroxylation is 1. The summed E-state index contributed by atoms with van der Waals surface area (Å²) in [6.07, 6.45) is 5.95. The van der Waals surface area contributed by atoms with E-state index in [0.717, 1.165) is 25.4 Å². The van der Waals surface area contributed by atoms with E-state index < -0.39 is 0 Å². The van der Waals surface area contributed by atoms with Gasteiger partial charge in [0.05, 0.1) is 0 Å². The molecular weight excluding hydrogens is 218 g/mol. The van der Waals surface area contributed by atoms with Crippen LogP contribution >= 0.6 is 0 Å². The average Bonchev–Trinajstić information content (AvgIpc) is 3.11. The molecular formula is C12H19N3O2. The van der Waals surface area contributed by atoms with Crippen molar-refractivity contribution in [1.82, 2.24) is 14.5 Å². The van der Waals surface area contributed by atoms with Gasteiger partial charge >= 0.3 is 5.69 Å². The minimum Gasteiger partial charge on any atom is -0.314 e. The Morgan fingerprint density at radius 1 is 1.35 bits per heavy atom. The number of nitrogens with one attached hydrogen (secondary N) is 1. The Morgan fingerprint density at radius 2 is 2.12 bits per heavy atom. The maximum absolute atomic E-state index is 11.7. The van der Waals surface area contributed by atoms with E-state index in [4.69, 9.17) is 0 Å². The average molecular weight is 237 g/mol. The van der Waals surface area contributed by atoms with Crippen LogP contribution < -0.4 is 16.6 Å². The number of rotatable bonds is 6. The van der Waals surface area contributed by atoms with Crippen LogP contribution in [0.25, 0.3) is 0 Å². The molecule has 0 aromatic carbocycles. The van der Waals surface area contributed by atoms with E-state index >= 15 is 0 Å². The van der Waals surface area contributed by atoms with E-state index in [-0.39, 0.29) is 11.2 Å². The number of aromatic nitrogens is 2. The van der Waals surface area contributed by atoms with Gasteiger partial charge in [0.15, 0.2) is 0 Å². The summed E-state index contributed by atoms with van der Waals surface area (Å²) in [4.78, 5) is 23.2. The molecule has 5 nitrogen and oxygen atoms in total. The second-order valence-corrected chi connectivity index (χ2v) is 4.63. The third kappa shape index (κ3) is 3.30. The Balaban J connectivity index is 1.83. The maximum Gasteiger partial charge on any atom is 0.330 e. The minimum absolute atomic E-state index is 0.205. The molecule has 1 aromatic rings. The lowest BCUT2D eigenvalue weighted by atomic mass is 10.3. The summed E-state index contributed by atoms with van der Waals surface area (Å²) in [6, 6.07) is 2.16. The van der Waals surface area contributed by atoms with E-state index in [2.05, 4.69) is 5.32 Å². The zero-order valence-electron chi connectivity index (χ0n) is 10.2. The van der Waals surface area contributed by atoms with Crippen LogP contribution in [0.2, 0.25) is 0 Å². The van der Waals surface area contributed by atoms with Gasteiger partial charge in [-0.2, -0.15) is 0 Å². The van der Waals surface area contributed by atoms with Crippen LogP contribution in [-0.4, -0.2) is 21.7 Å². The predicted molar refractivity (Wildman–Crippen MR) is 66.2 cm³/mol. The van der Waals surface area contributed by atoms with Gasteiger partial charge in [-0.05, 0) is 32.2 Å². The van der Waals surface area contributed by atoms with Gasteiger partial charge < -0.3 is 9.88 Å². The second-order valence-electron chi connectivity index (χ2n) is 4.63. The van der Waals surface area contributed by atoms with Crippen molar-refractivity contribution in [3.63, 3.8) is 0 Å². The fourth-order valence-electron chi connectivity index (χ4n) is 1.81. The van der Waals surface area contributed by atoms with Gasteiger partial charge in [-0.25, -0.2) is 4.79 Å². The third-order valence-corrected chi connectivity index (χ3v) is 3.06. The van der Waals surface area contributed by atoms with Crippen molar-refractivity contribution < 1.29 is 0 Å². The van der Waals surface area contributed by atoms with Gasteiger partial charge in [-0.3, -0.25) is 9.36 Å². The highest BCUT2D eigenvalue weighted by molar-refractivity contribution is 4.85. The smallest absolute Gasteiger partial charge is 0.314 e. The molecule has 1 aliphatic carbocycles. The van der Waals surface area contributed by atoms with Gasteiger partial charge in [0.1, 0.15) is 0 Å². The van der Waals surface area contributed by atoms with Crippen molar-refractivity contribution in [2.75, 3.05) is 6.54 Å². The molecule has 17 heavy (non-hydrogen) atoms. The van der Waals surface area contributed by atoms with E-state index in [1.165, 1.54) is 34.2 Å². The Hall–Kier alpha value is -1.36. The summed E-state index contributed by atoms with van der Waals surface area (Å²) < 4.78 is 2.74. The molecule has 1 N–H and O–H groups in total. The summed E-state index contributed by atoms with van der Waals surface area (Å²) >= 11 is 0. The molecule has 1 aliphatic rings. The molecule has 94 valence electrons. The summed E-state index contributed by atoms with van der Waals surface area (Å²) in [6.45, 7) is 1.49. The SMILES string of the molecule is Cn1ccc(=O)n(CCCCNC2CC2)c1=O. The molecule has 0 unspecified atom stereocenters. The fraction of sp³-hybridized carbons (Fsp3) is 0.667. The topological polar surface area (TPSA) is 56.0 Å². The lowest BCUT2D eigenvalue weighted by Gasteiger charge is -2.06. The van der Waals surface area contributed by atoms with E-state index in [9.17, 15) is 9.59 Å². The Labute approximate surface area is 100 Å². The molecule has 1 fully saturated rings. The molecule has 1 heterocycles. The van der Waals surface area contributed by atoms with Crippen LogP contribution in [0.5, 0.6) is 0 Å². The monoisotopic (exact) mass is 237 g/mol. The van der Waals surface area contributed by atoms with E-state index in [0.29, 0.717) is 6.54 Å². The molecule has 2 rings (SSSR count). The summed E-state index contributed by atoms with van der Waals surface area (Å²) in [5.74, 6) is 0. The molecule has 0 radical (unpaired) electrons. The Morgan fingerprint density at radius 3 is 2.82 bits per heavy atom. The lowest BCUT2D eigenvalue weighted by molar-refractivity contribution is 0.527. The third-order valence-electron chi connectivity index (χ3n) is 3.06.